The van der Waals surface area contributed by atoms with Crippen molar-refractivity contribution in [2.75, 3.05) is 0 Å². The Kier molecular flexibility index (Phi) is 2.66. The summed E-state index contributed by atoms with van der Waals surface area (Å²) in [5.74, 6) is -3.78. The van der Waals surface area contributed by atoms with Gasteiger partial charge >= 0.3 is 0 Å². The van der Waals surface area contributed by atoms with Gasteiger partial charge in [0.2, 0.25) is 0 Å². The van der Waals surface area contributed by atoms with Crippen LogP contribution < -0.4 is 5.73 Å². The van der Waals surface area contributed by atoms with Crippen molar-refractivity contribution in [3.63, 3.8) is 0 Å². The second-order valence-electron chi connectivity index (χ2n) is 3.22. The number of imidazole rings is 1. The van der Waals surface area contributed by atoms with Crippen molar-refractivity contribution >= 4 is 0 Å². The highest BCUT2D eigenvalue weighted by molar-refractivity contribution is 5.27. The Morgan fingerprint density at radius 2 is 1.94 bits per heavy atom. The molecule has 0 spiro atoms. The van der Waals surface area contributed by atoms with Gasteiger partial charge in [-0.05, 0) is 6.07 Å². The number of aromatic nitrogens is 2. The average molecular weight is 227 g/mol. The average Bonchev–Trinajstić information content (AvgIpc) is 2.79. The molecule has 6 heteroatoms. The van der Waals surface area contributed by atoms with E-state index in [0.717, 1.165) is 12.1 Å². The van der Waals surface area contributed by atoms with Crippen LogP contribution in [0.15, 0.2) is 24.5 Å². The van der Waals surface area contributed by atoms with E-state index >= 15 is 0 Å². The Morgan fingerprint density at radius 3 is 2.56 bits per heavy atom. The number of H-pyrrole nitrogens is 1. The summed E-state index contributed by atoms with van der Waals surface area (Å²) in [6.07, 6.45) is 2.94. The molecule has 0 saturated heterocycles. The topological polar surface area (TPSA) is 54.7 Å². The Balaban J connectivity index is 2.45. The van der Waals surface area contributed by atoms with Gasteiger partial charge in [-0.15, -0.1) is 0 Å². The van der Waals surface area contributed by atoms with Crippen LogP contribution in [0.5, 0.6) is 0 Å². The molecule has 16 heavy (non-hydrogen) atoms. The lowest BCUT2D eigenvalue weighted by Crippen LogP contribution is -2.16. The highest BCUT2D eigenvalue weighted by atomic mass is 19.2. The van der Waals surface area contributed by atoms with Crippen molar-refractivity contribution in [3.05, 3.63) is 53.4 Å². The Labute approximate surface area is 89.1 Å². The highest BCUT2D eigenvalue weighted by Gasteiger charge is 2.20. The molecule has 1 aromatic carbocycles. The summed E-state index contributed by atoms with van der Waals surface area (Å²) >= 11 is 0. The minimum atomic E-state index is -1.53. The molecule has 0 fully saturated rings. The largest absolute Gasteiger partial charge is 0.347 e. The maximum atomic E-state index is 13.4. The SMILES string of the molecule is NC(c1ncc[nH]1)c1ccc(F)c(F)c1F. The van der Waals surface area contributed by atoms with E-state index in [-0.39, 0.29) is 11.4 Å². The summed E-state index contributed by atoms with van der Waals surface area (Å²) in [5.41, 5.74) is 5.51. The third-order valence-electron chi connectivity index (χ3n) is 2.21. The van der Waals surface area contributed by atoms with E-state index < -0.39 is 23.5 Å². The van der Waals surface area contributed by atoms with Gasteiger partial charge in [-0.3, -0.25) is 0 Å². The lowest BCUT2D eigenvalue weighted by molar-refractivity contribution is 0.438. The number of rotatable bonds is 2. The molecular weight excluding hydrogens is 219 g/mol. The molecule has 1 atom stereocenters. The van der Waals surface area contributed by atoms with Crippen molar-refractivity contribution in [2.24, 2.45) is 5.73 Å². The molecule has 0 saturated carbocycles. The first-order valence-corrected chi connectivity index (χ1v) is 4.49. The molecule has 3 N–H and O–H groups in total. The Bertz CT molecular complexity index is 496. The standard InChI is InChI=1S/C10H8F3N3/c11-6-2-1-5(7(12)8(6)13)9(14)10-15-3-4-16-10/h1-4,9H,14H2,(H,15,16). The molecule has 2 aromatic rings. The molecule has 1 aromatic heterocycles. The zero-order valence-corrected chi connectivity index (χ0v) is 8.05. The van der Waals surface area contributed by atoms with Gasteiger partial charge in [-0.25, -0.2) is 18.2 Å². The zero-order chi connectivity index (χ0) is 11.7. The number of nitrogens with one attached hydrogen (secondary N) is 1. The first-order chi connectivity index (χ1) is 7.61. The smallest absolute Gasteiger partial charge is 0.194 e. The van der Waals surface area contributed by atoms with Gasteiger partial charge in [0.05, 0.1) is 6.04 Å². The van der Waals surface area contributed by atoms with Gasteiger partial charge in [0, 0.05) is 18.0 Å². The number of nitrogens with zero attached hydrogens (tertiary/aromatic N) is 1. The maximum Gasteiger partial charge on any atom is 0.194 e. The summed E-state index contributed by atoms with van der Waals surface area (Å²) in [7, 11) is 0. The van der Waals surface area contributed by atoms with E-state index in [0.29, 0.717) is 0 Å². The fourth-order valence-electron chi connectivity index (χ4n) is 1.38. The van der Waals surface area contributed by atoms with Crippen molar-refractivity contribution in [2.45, 2.75) is 6.04 Å². The summed E-state index contributed by atoms with van der Waals surface area (Å²) in [5, 5.41) is 0. The molecule has 0 aliphatic rings. The molecule has 0 amide bonds. The quantitative estimate of drug-likeness (QED) is 0.769. The molecule has 84 valence electrons. The Morgan fingerprint density at radius 1 is 1.19 bits per heavy atom. The third kappa shape index (κ3) is 1.67. The van der Waals surface area contributed by atoms with Crippen molar-refractivity contribution in [3.8, 4) is 0 Å². The Hall–Kier alpha value is -1.82. The monoisotopic (exact) mass is 227 g/mol. The van der Waals surface area contributed by atoms with Crippen LogP contribution in [0.2, 0.25) is 0 Å². The van der Waals surface area contributed by atoms with Gasteiger partial charge < -0.3 is 10.7 Å². The van der Waals surface area contributed by atoms with Crippen LogP contribution in [-0.2, 0) is 0 Å². The number of nitrogens with two attached hydrogens (primary N) is 1. The maximum absolute atomic E-state index is 13.4. The lowest BCUT2D eigenvalue weighted by atomic mass is 10.1. The van der Waals surface area contributed by atoms with Gasteiger partial charge in [-0.1, -0.05) is 6.07 Å². The van der Waals surface area contributed by atoms with Gasteiger partial charge in [-0.2, -0.15) is 0 Å². The number of benzene rings is 1. The van der Waals surface area contributed by atoms with Crippen molar-refractivity contribution in [1.29, 1.82) is 0 Å². The van der Waals surface area contributed by atoms with Crippen molar-refractivity contribution in [1.82, 2.24) is 9.97 Å². The fourth-order valence-corrected chi connectivity index (χ4v) is 1.38. The van der Waals surface area contributed by atoms with Crippen LogP contribution in [0, 0.1) is 17.5 Å². The molecule has 3 nitrogen and oxygen atoms in total. The van der Waals surface area contributed by atoms with Crippen LogP contribution in [0.4, 0.5) is 13.2 Å². The molecular formula is C10H8F3N3. The number of hydrogen-bond donors (Lipinski definition) is 2. The molecule has 1 unspecified atom stereocenters. The number of halogens is 3. The minimum Gasteiger partial charge on any atom is -0.347 e. The fraction of sp³-hybridized carbons (Fsp3) is 0.100. The summed E-state index contributed by atoms with van der Waals surface area (Å²) in [6.45, 7) is 0. The summed E-state index contributed by atoms with van der Waals surface area (Å²) in [4.78, 5) is 6.50. The molecule has 0 aliphatic carbocycles. The van der Waals surface area contributed by atoms with Crippen LogP contribution in [0.1, 0.15) is 17.4 Å². The number of hydrogen-bond acceptors (Lipinski definition) is 2. The van der Waals surface area contributed by atoms with Crippen LogP contribution in [-0.4, -0.2) is 9.97 Å². The van der Waals surface area contributed by atoms with Gasteiger partial charge in [0.25, 0.3) is 0 Å². The van der Waals surface area contributed by atoms with E-state index in [2.05, 4.69) is 9.97 Å². The van der Waals surface area contributed by atoms with Crippen LogP contribution in [0.25, 0.3) is 0 Å². The van der Waals surface area contributed by atoms with Gasteiger partial charge in [0.15, 0.2) is 17.5 Å². The lowest BCUT2D eigenvalue weighted by Gasteiger charge is -2.10. The number of aromatic amines is 1. The molecule has 1 heterocycles. The van der Waals surface area contributed by atoms with E-state index in [1.54, 1.807) is 0 Å². The van der Waals surface area contributed by atoms with E-state index in [4.69, 9.17) is 5.73 Å². The van der Waals surface area contributed by atoms with Crippen LogP contribution in [0.3, 0.4) is 0 Å². The second kappa shape index (κ2) is 3.97. The van der Waals surface area contributed by atoms with Crippen LogP contribution >= 0.6 is 0 Å². The normalized spacial score (nSPS) is 12.8. The zero-order valence-electron chi connectivity index (χ0n) is 8.05. The van der Waals surface area contributed by atoms with E-state index in [1.165, 1.54) is 12.4 Å². The van der Waals surface area contributed by atoms with E-state index in [1.807, 2.05) is 0 Å². The molecule has 0 aliphatic heterocycles. The third-order valence-corrected chi connectivity index (χ3v) is 2.21. The van der Waals surface area contributed by atoms with Crippen molar-refractivity contribution < 1.29 is 13.2 Å². The van der Waals surface area contributed by atoms with E-state index in [9.17, 15) is 13.2 Å². The van der Waals surface area contributed by atoms with Gasteiger partial charge in [0.1, 0.15) is 5.82 Å². The minimum absolute atomic E-state index is 0.145. The predicted octanol–water partition coefficient (Wildman–Crippen LogP) is 1.88. The first-order valence-electron chi connectivity index (χ1n) is 4.49. The molecule has 0 bridgehead atoms. The highest BCUT2D eigenvalue weighted by Crippen LogP contribution is 2.22. The summed E-state index contributed by atoms with van der Waals surface area (Å²) in [6, 6.07) is 0.974. The first kappa shape index (κ1) is 10.7. The summed E-state index contributed by atoms with van der Waals surface area (Å²) < 4.78 is 39.0. The predicted molar refractivity (Wildman–Crippen MR) is 50.9 cm³/mol. The second-order valence-corrected chi connectivity index (χ2v) is 3.22. The molecule has 0 radical (unpaired) electrons. The molecule has 2 rings (SSSR count).